The van der Waals surface area contributed by atoms with Crippen LogP contribution in [0.25, 0.3) is 0 Å². The SMILES string of the molecule is c1ncc(CNCC23CC4CC(CC(C4)C2)C3)cn1. The van der Waals surface area contributed by atoms with Gasteiger partial charge in [-0.15, -0.1) is 0 Å². The van der Waals surface area contributed by atoms with Gasteiger partial charge in [0.15, 0.2) is 0 Å². The van der Waals surface area contributed by atoms with E-state index in [1.54, 1.807) is 6.33 Å². The summed E-state index contributed by atoms with van der Waals surface area (Å²) in [5.74, 6) is 3.15. The molecule has 5 rings (SSSR count). The lowest BCUT2D eigenvalue weighted by atomic mass is 9.49. The molecule has 1 heterocycles. The Morgan fingerprint density at radius 2 is 1.58 bits per heavy atom. The van der Waals surface area contributed by atoms with E-state index in [-0.39, 0.29) is 0 Å². The van der Waals surface area contributed by atoms with Crippen LogP contribution in [0.3, 0.4) is 0 Å². The van der Waals surface area contributed by atoms with Crippen molar-refractivity contribution in [3.8, 4) is 0 Å². The summed E-state index contributed by atoms with van der Waals surface area (Å²) in [4.78, 5) is 8.16. The van der Waals surface area contributed by atoms with E-state index in [2.05, 4.69) is 15.3 Å². The average molecular weight is 257 g/mol. The minimum Gasteiger partial charge on any atom is -0.312 e. The third-order valence-corrected chi connectivity index (χ3v) is 5.61. The van der Waals surface area contributed by atoms with Crippen LogP contribution in [-0.2, 0) is 6.54 Å². The van der Waals surface area contributed by atoms with Gasteiger partial charge in [0.25, 0.3) is 0 Å². The fourth-order valence-electron chi connectivity index (χ4n) is 5.40. The number of nitrogens with one attached hydrogen (secondary N) is 1. The molecular formula is C16H23N3. The first kappa shape index (κ1) is 11.8. The third-order valence-electron chi connectivity index (χ3n) is 5.61. The Kier molecular flexibility index (Phi) is 2.83. The molecule has 0 radical (unpaired) electrons. The fourth-order valence-corrected chi connectivity index (χ4v) is 5.40. The second kappa shape index (κ2) is 4.55. The van der Waals surface area contributed by atoms with E-state index in [1.807, 2.05) is 12.4 Å². The number of nitrogens with zero attached hydrogens (tertiary/aromatic N) is 2. The highest BCUT2D eigenvalue weighted by Gasteiger charge is 2.50. The summed E-state index contributed by atoms with van der Waals surface area (Å²) in [6.45, 7) is 2.12. The minimum atomic E-state index is 0.629. The van der Waals surface area contributed by atoms with Crippen molar-refractivity contribution in [3.63, 3.8) is 0 Å². The molecule has 0 spiro atoms. The maximum absolute atomic E-state index is 4.08. The van der Waals surface area contributed by atoms with Gasteiger partial charge < -0.3 is 5.32 Å². The first-order chi connectivity index (χ1) is 9.31. The monoisotopic (exact) mass is 257 g/mol. The lowest BCUT2D eigenvalue weighted by molar-refractivity contribution is -0.0514. The largest absolute Gasteiger partial charge is 0.312 e. The quantitative estimate of drug-likeness (QED) is 0.901. The molecular weight excluding hydrogens is 234 g/mol. The first-order valence-corrected chi connectivity index (χ1v) is 7.76. The van der Waals surface area contributed by atoms with Crippen LogP contribution in [0.1, 0.15) is 44.1 Å². The Labute approximate surface area is 115 Å². The lowest BCUT2D eigenvalue weighted by Gasteiger charge is -2.57. The van der Waals surface area contributed by atoms with Crippen LogP contribution in [0.4, 0.5) is 0 Å². The van der Waals surface area contributed by atoms with Crippen molar-refractivity contribution >= 4 is 0 Å². The smallest absolute Gasteiger partial charge is 0.115 e. The zero-order valence-corrected chi connectivity index (χ0v) is 11.5. The molecule has 0 unspecified atom stereocenters. The Hall–Kier alpha value is -0.960. The standard InChI is InChI=1S/C16H23N3/c1-12-2-14-3-13(1)5-16(4-12,6-14)10-17-7-15-8-18-11-19-9-15/h8-9,11-14,17H,1-7,10H2. The molecule has 102 valence electrons. The zero-order chi connectivity index (χ0) is 12.7. The van der Waals surface area contributed by atoms with Crippen molar-refractivity contribution in [1.82, 2.24) is 15.3 Å². The molecule has 4 aliphatic carbocycles. The summed E-state index contributed by atoms with van der Waals surface area (Å²) >= 11 is 0. The van der Waals surface area contributed by atoms with Gasteiger partial charge in [0.2, 0.25) is 0 Å². The van der Waals surface area contributed by atoms with E-state index in [1.165, 1.54) is 50.6 Å². The molecule has 4 bridgehead atoms. The summed E-state index contributed by atoms with van der Waals surface area (Å²) in [6, 6.07) is 0. The van der Waals surface area contributed by atoms with Crippen LogP contribution < -0.4 is 5.32 Å². The summed E-state index contributed by atoms with van der Waals surface area (Å²) in [5, 5.41) is 3.68. The number of aromatic nitrogens is 2. The van der Waals surface area contributed by atoms with Crippen LogP contribution in [0, 0.1) is 23.2 Å². The molecule has 19 heavy (non-hydrogen) atoms. The Balaban J connectivity index is 1.38. The normalized spacial score (nSPS) is 39.7. The number of hydrogen-bond donors (Lipinski definition) is 1. The highest BCUT2D eigenvalue weighted by molar-refractivity contribution is 5.04. The van der Waals surface area contributed by atoms with Crippen LogP contribution in [0.5, 0.6) is 0 Å². The summed E-state index contributed by atoms with van der Waals surface area (Å²) in [6.07, 6.45) is 14.5. The maximum atomic E-state index is 4.08. The number of rotatable bonds is 4. The van der Waals surface area contributed by atoms with E-state index in [0.717, 1.165) is 24.3 Å². The molecule has 1 aromatic rings. The van der Waals surface area contributed by atoms with Crippen molar-refractivity contribution in [2.45, 2.75) is 45.1 Å². The van der Waals surface area contributed by atoms with Crippen LogP contribution >= 0.6 is 0 Å². The molecule has 3 heteroatoms. The van der Waals surface area contributed by atoms with Crippen molar-refractivity contribution in [3.05, 3.63) is 24.3 Å². The third kappa shape index (κ3) is 2.29. The van der Waals surface area contributed by atoms with Gasteiger partial charge in [-0.05, 0) is 61.7 Å². The second-order valence-corrected chi connectivity index (χ2v) is 7.27. The highest BCUT2D eigenvalue weighted by Crippen LogP contribution is 2.59. The molecule has 4 saturated carbocycles. The highest BCUT2D eigenvalue weighted by atomic mass is 14.9. The van der Waals surface area contributed by atoms with Crippen LogP contribution in [0.15, 0.2) is 18.7 Å². The molecule has 0 aromatic carbocycles. The lowest BCUT2D eigenvalue weighted by Crippen LogP contribution is -2.50. The van der Waals surface area contributed by atoms with Crippen molar-refractivity contribution in [1.29, 1.82) is 0 Å². The molecule has 0 aliphatic heterocycles. The second-order valence-electron chi connectivity index (χ2n) is 7.27. The van der Waals surface area contributed by atoms with Gasteiger partial charge in [-0.1, -0.05) is 0 Å². The van der Waals surface area contributed by atoms with Crippen LogP contribution in [-0.4, -0.2) is 16.5 Å². The Morgan fingerprint density at radius 3 is 2.16 bits per heavy atom. The van der Waals surface area contributed by atoms with E-state index < -0.39 is 0 Å². The summed E-state index contributed by atoms with van der Waals surface area (Å²) in [5.41, 5.74) is 1.83. The van der Waals surface area contributed by atoms with E-state index in [0.29, 0.717) is 5.41 Å². The molecule has 3 nitrogen and oxygen atoms in total. The predicted molar refractivity (Wildman–Crippen MR) is 74.3 cm³/mol. The molecule has 4 aliphatic rings. The van der Waals surface area contributed by atoms with Gasteiger partial charge >= 0.3 is 0 Å². The first-order valence-electron chi connectivity index (χ1n) is 7.76. The summed E-state index contributed by atoms with van der Waals surface area (Å²) in [7, 11) is 0. The van der Waals surface area contributed by atoms with E-state index >= 15 is 0 Å². The van der Waals surface area contributed by atoms with Gasteiger partial charge in [-0.3, -0.25) is 0 Å². The van der Waals surface area contributed by atoms with Gasteiger partial charge in [0, 0.05) is 31.0 Å². The molecule has 0 atom stereocenters. The van der Waals surface area contributed by atoms with Crippen LogP contribution in [0.2, 0.25) is 0 Å². The molecule has 0 saturated heterocycles. The van der Waals surface area contributed by atoms with Gasteiger partial charge in [0.05, 0.1) is 0 Å². The average Bonchev–Trinajstić information content (AvgIpc) is 2.38. The van der Waals surface area contributed by atoms with E-state index in [9.17, 15) is 0 Å². The molecule has 1 N–H and O–H groups in total. The van der Waals surface area contributed by atoms with Crippen molar-refractivity contribution < 1.29 is 0 Å². The molecule has 1 aromatic heterocycles. The van der Waals surface area contributed by atoms with Crippen molar-refractivity contribution in [2.75, 3.05) is 6.54 Å². The number of hydrogen-bond acceptors (Lipinski definition) is 3. The Bertz CT molecular complexity index is 407. The zero-order valence-electron chi connectivity index (χ0n) is 11.5. The molecule has 4 fully saturated rings. The van der Waals surface area contributed by atoms with E-state index in [4.69, 9.17) is 0 Å². The fraction of sp³-hybridized carbons (Fsp3) is 0.750. The minimum absolute atomic E-state index is 0.629. The summed E-state index contributed by atoms with van der Waals surface area (Å²) < 4.78 is 0. The van der Waals surface area contributed by atoms with Gasteiger partial charge in [-0.2, -0.15) is 0 Å². The Morgan fingerprint density at radius 1 is 1.00 bits per heavy atom. The van der Waals surface area contributed by atoms with Gasteiger partial charge in [-0.25, -0.2) is 9.97 Å². The van der Waals surface area contributed by atoms with Gasteiger partial charge in [0.1, 0.15) is 6.33 Å². The molecule has 0 amide bonds. The maximum Gasteiger partial charge on any atom is 0.115 e. The predicted octanol–water partition coefficient (Wildman–Crippen LogP) is 2.78. The topological polar surface area (TPSA) is 37.8 Å². The van der Waals surface area contributed by atoms with Crippen molar-refractivity contribution in [2.24, 2.45) is 23.2 Å².